The van der Waals surface area contributed by atoms with Crippen LogP contribution in [0, 0.1) is 5.41 Å². The van der Waals surface area contributed by atoms with Gasteiger partial charge in [-0.1, -0.05) is 29.3 Å². The number of hydrogen-bond donors (Lipinski definition) is 1. The first-order valence-corrected chi connectivity index (χ1v) is 8.79. The van der Waals surface area contributed by atoms with Crippen molar-refractivity contribution in [2.45, 2.75) is 17.7 Å². The number of rotatable bonds is 2. The summed E-state index contributed by atoms with van der Waals surface area (Å²) in [5.74, 6) is 0. The van der Waals surface area contributed by atoms with Crippen molar-refractivity contribution in [3.05, 3.63) is 28.2 Å². The largest absolute Gasteiger partial charge is 0.316 e. The van der Waals surface area contributed by atoms with Gasteiger partial charge in [0.25, 0.3) is 0 Å². The van der Waals surface area contributed by atoms with Gasteiger partial charge in [-0.2, -0.15) is 4.31 Å². The quantitative estimate of drug-likeness (QED) is 0.869. The van der Waals surface area contributed by atoms with Crippen LogP contribution in [0.25, 0.3) is 0 Å². The topological polar surface area (TPSA) is 49.4 Å². The van der Waals surface area contributed by atoms with Gasteiger partial charge in [-0.3, -0.25) is 0 Å². The number of nitrogens with one attached hydrogen (secondary N) is 1. The Morgan fingerprint density at radius 3 is 2.67 bits per heavy atom. The van der Waals surface area contributed by atoms with Crippen molar-refractivity contribution in [2.75, 3.05) is 26.2 Å². The molecule has 0 bridgehead atoms. The molecule has 1 spiro atoms. The molecule has 21 heavy (non-hydrogen) atoms. The van der Waals surface area contributed by atoms with E-state index in [0.717, 1.165) is 25.9 Å². The third-order valence-electron chi connectivity index (χ3n) is 4.27. The summed E-state index contributed by atoms with van der Waals surface area (Å²) in [5, 5.41) is 3.70. The normalized spacial score (nSPS) is 26.2. The van der Waals surface area contributed by atoms with Crippen LogP contribution >= 0.6 is 35.6 Å². The van der Waals surface area contributed by atoms with Gasteiger partial charge in [-0.15, -0.1) is 12.4 Å². The van der Waals surface area contributed by atoms with Gasteiger partial charge in [-0.05, 0) is 36.9 Å². The molecule has 0 aromatic heterocycles. The van der Waals surface area contributed by atoms with E-state index in [1.807, 2.05) is 0 Å². The summed E-state index contributed by atoms with van der Waals surface area (Å²) >= 11 is 12.0. The molecule has 1 unspecified atom stereocenters. The molecule has 0 saturated carbocycles. The molecule has 1 N–H and O–H groups in total. The number of sulfonamides is 1. The Morgan fingerprint density at radius 1 is 1.24 bits per heavy atom. The van der Waals surface area contributed by atoms with Crippen LogP contribution in [0.4, 0.5) is 0 Å². The predicted molar refractivity (Wildman–Crippen MR) is 87.0 cm³/mol. The molecule has 1 aromatic rings. The molecule has 1 atom stereocenters. The zero-order chi connectivity index (χ0) is 14.4. The second-order valence-corrected chi connectivity index (χ2v) is 8.26. The molecule has 0 radical (unpaired) electrons. The predicted octanol–water partition coefficient (Wildman–Crippen LogP) is 2.79. The minimum absolute atomic E-state index is 0. The van der Waals surface area contributed by atoms with Crippen LogP contribution in [0.2, 0.25) is 10.0 Å². The summed E-state index contributed by atoms with van der Waals surface area (Å²) < 4.78 is 27.0. The zero-order valence-electron chi connectivity index (χ0n) is 11.3. The van der Waals surface area contributed by atoms with E-state index in [1.54, 1.807) is 12.1 Å². The first kappa shape index (κ1) is 17.3. The molecule has 1 aromatic carbocycles. The maximum absolute atomic E-state index is 12.7. The van der Waals surface area contributed by atoms with Gasteiger partial charge in [0.1, 0.15) is 4.90 Å². The fourth-order valence-corrected chi connectivity index (χ4v) is 5.36. The van der Waals surface area contributed by atoms with Crippen molar-refractivity contribution in [3.63, 3.8) is 0 Å². The van der Waals surface area contributed by atoms with Crippen molar-refractivity contribution < 1.29 is 8.42 Å². The van der Waals surface area contributed by atoms with Crippen LogP contribution in [-0.4, -0.2) is 38.9 Å². The summed E-state index contributed by atoms with van der Waals surface area (Å²) in [6.07, 6.45) is 1.93. The van der Waals surface area contributed by atoms with E-state index in [4.69, 9.17) is 23.2 Å². The van der Waals surface area contributed by atoms with Crippen LogP contribution in [0.5, 0.6) is 0 Å². The Bertz CT molecular complexity index is 630. The van der Waals surface area contributed by atoms with Crippen molar-refractivity contribution in [2.24, 2.45) is 5.41 Å². The average molecular weight is 372 g/mol. The Labute approximate surface area is 141 Å². The standard InChI is InChI=1S/C13H16Cl2N2O2S.ClH/c14-10-2-1-3-11(12(10)15)20(18,19)17-7-5-13(9-17)4-6-16-8-13;/h1-3,16H,4-9H2;1H. The number of nitrogens with zero attached hydrogens (tertiary/aromatic N) is 1. The highest BCUT2D eigenvalue weighted by molar-refractivity contribution is 7.89. The lowest BCUT2D eigenvalue weighted by Crippen LogP contribution is -2.33. The minimum atomic E-state index is -3.57. The lowest BCUT2D eigenvalue weighted by Gasteiger charge is -2.23. The molecule has 2 aliphatic rings. The highest BCUT2D eigenvalue weighted by atomic mass is 35.5. The third-order valence-corrected chi connectivity index (χ3v) is 7.09. The van der Waals surface area contributed by atoms with Gasteiger partial charge in [0.05, 0.1) is 10.0 Å². The van der Waals surface area contributed by atoms with Crippen molar-refractivity contribution in [1.29, 1.82) is 0 Å². The van der Waals surface area contributed by atoms with E-state index in [-0.39, 0.29) is 32.8 Å². The smallest absolute Gasteiger partial charge is 0.244 e. The van der Waals surface area contributed by atoms with Gasteiger partial charge in [0, 0.05) is 19.6 Å². The Kier molecular flexibility index (Phi) is 5.13. The van der Waals surface area contributed by atoms with Crippen LogP contribution in [0.1, 0.15) is 12.8 Å². The van der Waals surface area contributed by atoms with E-state index >= 15 is 0 Å². The van der Waals surface area contributed by atoms with Gasteiger partial charge >= 0.3 is 0 Å². The Balaban J connectivity index is 0.00000161. The molecule has 8 heteroatoms. The summed E-state index contributed by atoms with van der Waals surface area (Å²) in [6.45, 7) is 2.96. The fraction of sp³-hybridized carbons (Fsp3) is 0.538. The zero-order valence-corrected chi connectivity index (χ0v) is 14.5. The lowest BCUT2D eigenvalue weighted by atomic mass is 9.87. The van der Waals surface area contributed by atoms with E-state index in [9.17, 15) is 8.42 Å². The van der Waals surface area contributed by atoms with Gasteiger partial charge in [0.2, 0.25) is 10.0 Å². The highest BCUT2D eigenvalue weighted by Gasteiger charge is 2.44. The number of hydrogen-bond acceptors (Lipinski definition) is 3. The van der Waals surface area contributed by atoms with Crippen LogP contribution in [-0.2, 0) is 10.0 Å². The first-order chi connectivity index (χ1) is 9.45. The summed E-state index contributed by atoms with van der Waals surface area (Å²) in [7, 11) is -3.57. The van der Waals surface area contributed by atoms with Crippen molar-refractivity contribution >= 4 is 45.6 Å². The second-order valence-electron chi connectivity index (χ2n) is 5.57. The summed E-state index contributed by atoms with van der Waals surface area (Å²) in [4.78, 5) is 0.106. The van der Waals surface area contributed by atoms with Crippen molar-refractivity contribution in [1.82, 2.24) is 9.62 Å². The maximum atomic E-state index is 12.7. The molecule has 2 saturated heterocycles. The lowest BCUT2D eigenvalue weighted by molar-refractivity contribution is 0.338. The molecular weight excluding hydrogens is 355 g/mol. The minimum Gasteiger partial charge on any atom is -0.316 e. The molecule has 2 fully saturated rings. The van der Waals surface area contributed by atoms with E-state index in [2.05, 4.69) is 5.32 Å². The van der Waals surface area contributed by atoms with E-state index in [1.165, 1.54) is 10.4 Å². The van der Waals surface area contributed by atoms with Gasteiger partial charge in [-0.25, -0.2) is 8.42 Å². The van der Waals surface area contributed by atoms with Crippen LogP contribution in [0.3, 0.4) is 0 Å². The Morgan fingerprint density at radius 2 is 2.00 bits per heavy atom. The molecule has 118 valence electrons. The summed E-state index contributed by atoms with van der Waals surface area (Å²) in [6, 6.07) is 4.72. The SMILES string of the molecule is Cl.O=S(=O)(c1cccc(Cl)c1Cl)N1CCC2(CCNC2)C1. The molecule has 0 aliphatic carbocycles. The Hall–Kier alpha value is -0.0400. The van der Waals surface area contributed by atoms with E-state index < -0.39 is 10.0 Å². The fourth-order valence-electron chi connectivity index (χ4n) is 3.07. The second kappa shape index (κ2) is 6.22. The maximum Gasteiger partial charge on any atom is 0.244 e. The first-order valence-electron chi connectivity index (χ1n) is 6.60. The van der Waals surface area contributed by atoms with Crippen LogP contribution in [0.15, 0.2) is 23.1 Å². The van der Waals surface area contributed by atoms with Gasteiger partial charge < -0.3 is 5.32 Å². The number of benzene rings is 1. The molecule has 4 nitrogen and oxygen atoms in total. The van der Waals surface area contributed by atoms with Gasteiger partial charge in [0.15, 0.2) is 0 Å². The molecule has 0 amide bonds. The number of halogens is 3. The van der Waals surface area contributed by atoms with Crippen molar-refractivity contribution in [3.8, 4) is 0 Å². The molecular formula is C13H17Cl3N2O2S. The highest BCUT2D eigenvalue weighted by Crippen LogP contribution is 2.40. The van der Waals surface area contributed by atoms with E-state index in [0.29, 0.717) is 13.1 Å². The molecule has 3 rings (SSSR count). The summed E-state index contributed by atoms with van der Waals surface area (Å²) in [5.41, 5.74) is 0.0954. The third kappa shape index (κ3) is 3.05. The molecule has 2 aliphatic heterocycles. The molecule has 2 heterocycles. The average Bonchev–Trinajstić information content (AvgIpc) is 3.04. The monoisotopic (exact) mass is 370 g/mol. The van der Waals surface area contributed by atoms with Crippen LogP contribution < -0.4 is 5.32 Å².